The molecule has 1 heterocycles. The summed E-state index contributed by atoms with van der Waals surface area (Å²) in [7, 11) is 0. The summed E-state index contributed by atoms with van der Waals surface area (Å²) >= 11 is 3.47. The summed E-state index contributed by atoms with van der Waals surface area (Å²) < 4.78 is 0.961. The quantitative estimate of drug-likeness (QED) is 0.842. The fourth-order valence-corrected chi connectivity index (χ4v) is 3.04. The van der Waals surface area contributed by atoms with Crippen LogP contribution in [0.5, 0.6) is 0 Å². The SMILES string of the molecule is CCC(C#N)N1CCN(C(=O)c2cccc(Br)c2C)CC1. The van der Waals surface area contributed by atoms with E-state index in [4.69, 9.17) is 5.26 Å². The Morgan fingerprint density at radius 1 is 1.38 bits per heavy atom. The monoisotopic (exact) mass is 349 g/mol. The topological polar surface area (TPSA) is 47.3 Å². The molecule has 0 bridgehead atoms. The number of benzene rings is 1. The highest BCUT2D eigenvalue weighted by molar-refractivity contribution is 9.10. The minimum absolute atomic E-state index is 0.0325. The molecule has 0 N–H and O–H groups in total. The molecular weight excluding hydrogens is 330 g/mol. The van der Waals surface area contributed by atoms with Gasteiger partial charge in [-0.2, -0.15) is 5.26 Å². The normalized spacial score (nSPS) is 17.3. The van der Waals surface area contributed by atoms with Crippen molar-refractivity contribution in [3.05, 3.63) is 33.8 Å². The van der Waals surface area contributed by atoms with Crippen molar-refractivity contribution < 1.29 is 4.79 Å². The molecule has 0 radical (unpaired) electrons. The maximum absolute atomic E-state index is 12.6. The largest absolute Gasteiger partial charge is 0.336 e. The zero-order valence-corrected chi connectivity index (χ0v) is 14.1. The van der Waals surface area contributed by atoms with E-state index in [1.807, 2.05) is 36.9 Å². The number of piperazine rings is 1. The Balaban J connectivity index is 2.04. The number of hydrogen-bond acceptors (Lipinski definition) is 3. The second kappa shape index (κ2) is 7.06. The first-order chi connectivity index (χ1) is 10.1. The van der Waals surface area contributed by atoms with Crippen LogP contribution >= 0.6 is 15.9 Å². The van der Waals surface area contributed by atoms with Crippen LogP contribution in [0.4, 0.5) is 0 Å². The van der Waals surface area contributed by atoms with Gasteiger partial charge in [-0.05, 0) is 31.0 Å². The zero-order chi connectivity index (χ0) is 15.4. The fraction of sp³-hybridized carbons (Fsp3) is 0.500. The lowest BCUT2D eigenvalue weighted by Gasteiger charge is -2.36. The van der Waals surface area contributed by atoms with E-state index in [1.54, 1.807) is 0 Å². The molecular formula is C16H20BrN3O. The van der Waals surface area contributed by atoms with Crippen molar-refractivity contribution in [2.24, 2.45) is 0 Å². The molecule has 0 aromatic heterocycles. The number of amides is 1. The van der Waals surface area contributed by atoms with E-state index in [2.05, 4.69) is 26.9 Å². The Labute approximate surface area is 134 Å². The molecule has 5 heteroatoms. The molecule has 4 nitrogen and oxygen atoms in total. The highest BCUT2D eigenvalue weighted by Crippen LogP contribution is 2.21. The molecule has 1 aromatic rings. The first-order valence-electron chi connectivity index (χ1n) is 7.26. The standard InChI is InChI=1S/C16H20BrN3O/c1-3-13(11-18)19-7-9-20(10-8-19)16(21)14-5-4-6-15(17)12(14)2/h4-6,13H,3,7-10H2,1-2H3. The van der Waals surface area contributed by atoms with Gasteiger partial charge in [0.1, 0.15) is 0 Å². The molecule has 1 saturated heterocycles. The number of nitrogens with zero attached hydrogens (tertiary/aromatic N) is 3. The Morgan fingerprint density at radius 2 is 2.05 bits per heavy atom. The maximum atomic E-state index is 12.6. The van der Waals surface area contributed by atoms with E-state index in [0.717, 1.165) is 35.1 Å². The van der Waals surface area contributed by atoms with Crippen molar-refractivity contribution in [1.82, 2.24) is 9.80 Å². The van der Waals surface area contributed by atoms with Gasteiger partial charge >= 0.3 is 0 Å². The van der Waals surface area contributed by atoms with Gasteiger partial charge in [-0.15, -0.1) is 0 Å². The van der Waals surface area contributed by atoms with Crippen molar-refractivity contribution in [2.75, 3.05) is 26.2 Å². The molecule has 1 aliphatic heterocycles. The lowest BCUT2D eigenvalue weighted by molar-refractivity contribution is 0.0604. The van der Waals surface area contributed by atoms with Crippen LogP contribution < -0.4 is 0 Å². The molecule has 0 spiro atoms. The van der Waals surface area contributed by atoms with Gasteiger partial charge in [-0.25, -0.2) is 0 Å². The van der Waals surface area contributed by atoms with Crippen LogP contribution in [0, 0.1) is 18.3 Å². The Hall–Kier alpha value is -1.38. The third-order valence-corrected chi connectivity index (χ3v) is 4.94. The molecule has 0 aliphatic carbocycles. The molecule has 1 amide bonds. The molecule has 1 aliphatic rings. The predicted molar refractivity (Wildman–Crippen MR) is 86.0 cm³/mol. The predicted octanol–water partition coefficient (Wildman–Crippen LogP) is 2.82. The summed E-state index contributed by atoms with van der Waals surface area (Å²) in [6, 6.07) is 8.01. The van der Waals surface area contributed by atoms with Gasteiger partial charge in [0.25, 0.3) is 5.91 Å². The van der Waals surface area contributed by atoms with Gasteiger partial charge in [-0.3, -0.25) is 9.69 Å². The number of carbonyl (C=O) groups excluding carboxylic acids is 1. The van der Waals surface area contributed by atoms with Crippen LogP contribution in [0.1, 0.15) is 29.3 Å². The summed E-state index contributed by atoms with van der Waals surface area (Å²) in [4.78, 5) is 16.7. The van der Waals surface area contributed by atoms with Crippen molar-refractivity contribution >= 4 is 21.8 Å². The number of carbonyl (C=O) groups is 1. The summed E-state index contributed by atoms with van der Waals surface area (Å²) in [5.74, 6) is 0.0819. The molecule has 1 atom stereocenters. The molecule has 0 saturated carbocycles. The van der Waals surface area contributed by atoms with Crippen molar-refractivity contribution in [1.29, 1.82) is 5.26 Å². The molecule has 21 heavy (non-hydrogen) atoms. The Kier molecular flexibility index (Phi) is 5.38. The first kappa shape index (κ1) is 16.0. The zero-order valence-electron chi connectivity index (χ0n) is 12.5. The third kappa shape index (κ3) is 3.45. The molecule has 1 fully saturated rings. The Morgan fingerprint density at radius 3 is 2.62 bits per heavy atom. The number of halogens is 1. The number of nitriles is 1. The minimum Gasteiger partial charge on any atom is -0.336 e. The average Bonchev–Trinajstić information content (AvgIpc) is 2.51. The van der Waals surface area contributed by atoms with E-state index in [0.29, 0.717) is 13.1 Å². The molecule has 1 aromatic carbocycles. The van der Waals surface area contributed by atoms with Crippen LogP contribution in [0.25, 0.3) is 0 Å². The highest BCUT2D eigenvalue weighted by atomic mass is 79.9. The van der Waals surface area contributed by atoms with Crippen molar-refractivity contribution in [3.63, 3.8) is 0 Å². The Bertz CT molecular complexity index is 559. The summed E-state index contributed by atoms with van der Waals surface area (Å²) in [5, 5.41) is 9.12. The van der Waals surface area contributed by atoms with E-state index in [9.17, 15) is 4.79 Å². The van der Waals surface area contributed by atoms with Crippen LogP contribution in [-0.2, 0) is 0 Å². The number of hydrogen-bond donors (Lipinski definition) is 0. The smallest absolute Gasteiger partial charge is 0.254 e. The lowest BCUT2D eigenvalue weighted by atomic mass is 10.1. The first-order valence-corrected chi connectivity index (χ1v) is 8.05. The van der Waals surface area contributed by atoms with Crippen LogP contribution in [0.2, 0.25) is 0 Å². The summed E-state index contributed by atoms with van der Waals surface area (Å²) in [6.45, 7) is 6.88. The van der Waals surface area contributed by atoms with Gasteiger partial charge < -0.3 is 4.90 Å². The minimum atomic E-state index is -0.0325. The van der Waals surface area contributed by atoms with Crippen molar-refractivity contribution in [3.8, 4) is 6.07 Å². The van der Waals surface area contributed by atoms with Gasteiger partial charge in [0.15, 0.2) is 0 Å². The fourth-order valence-electron chi connectivity index (χ4n) is 2.68. The molecule has 2 rings (SSSR count). The van der Waals surface area contributed by atoms with Gasteiger partial charge in [0, 0.05) is 36.2 Å². The number of rotatable bonds is 3. The second-order valence-electron chi connectivity index (χ2n) is 5.29. The second-order valence-corrected chi connectivity index (χ2v) is 6.15. The van der Waals surface area contributed by atoms with Gasteiger partial charge in [0.05, 0.1) is 12.1 Å². The average molecular weight is 350 g/mol. The molecule has 112 valence electrons. The van der Waals surface area contributed by atoms with Crippen LogP contribution in [0.15, 0.2) is 22.7 Å². The van der Waals surface area contributed by atoms with Crippen LogP contribution in [0.3, 0.4) is 0 Å². The van der Waals surface area contributed by atoms with Crippen molar-refractivity contribution in [2.45, 2.75) is 26.3 Å². The maximum Gasteiger partial charge on any atom is 0.254 e. The van der Waals surface area contributed by atoms with Gasteiger partial charge in [0.2, 0.25) is 0 Å². The summed E-state index contributed by atoms with van der Waals surface area (Å²) in [6.07, 6.45) is 0.829. The van der Waals surface area contributed by atoms with E-state index < -0.39 is 0 Å². The van der Waals surface area contributed by atoms with Crippen LogP contribution in [-0.4, -0.2) is 47.9 Å². The van der Waals surface area contributed by atoms with E-state index in [1.165, 1.54) is 0 Å². The molecule has 1 unspecified atom stereocenters. The highest BCUT2D eigenvalue weighted by Gasteiger charge is 2.26. The van der Waals surface area contributed by atoms with E-state index >= 15 is 0 Å². The lowest BCUT2D eigenvalue weighted by Crippen LogP contribution is -2.51. The summed E-state index contributed by atoms with van der Waals surface area (Å²) in [5.41, 5.74) is 1.73. The third-order valence-electron chi connectivity index (χ3n) is 4.08. The van der Waals surface area contributed by atoms with Gasteiger partial charge in [-0.1, -0.05) is 28.9 Å². The van der Waals surface area contributed by atoms with E-state index in [-0.39, 0.29) is 11.9 Å².